The molecule has 5 rings (SSSR count). The molecule has 1 aromatic carbocycles. The Morgan fingerprint density at radius 1 is 1.06 bits per heavy atom. The summed E-state index contributed by atoms with van der Waals surface area (Å²) >= 11 is 6.13. The Labute approximate surface area is 182 Å². The summed E-state index contributed by atoms with van der Waals surface area (Å²) in [6.45, 7) is 3.91. The lowest BCUT2D eigenvalue weighted by molar-refractivity contribution is 0.427. The molecule has 0 saturated carbocycles. The van der Waals surface area contributed by atoms with Crippen LogP contribution in [-0.4, -0.2) is 28.7 Å². The highest BCUT2D eigenvalue weighted by Crippen LogP contribution is 2.26. The molecule has 4 aromatic heterocycles. The predicted molar refractivity (Wildman–Crippen MR) is 119 cm³/mol. The van der Waals surface area contributed by atoms with Crippen LogP contribution in [0.5, 0.6) is 11.8 Å². The lowest BCUT2D eigenvalue weighted by atomic mass is 10.3. The molecule has 31 heavy (non-hydrogen) atoms. The molecule has 0 aliphatic rings. The third-order valence-electron chi connectivity index (χ3n) is 5.09. The van der Waals surface area contributed by atoms with E-state index >= 15 is 0 Å². The lowest BCUT2D eigenvalue weighted by Gasteiger charge is -2.07. The molecular weight excluding hydrogens is 416 g/mol. The minimum absolute atomic E-state index is 0.0368. The molecule has 0 unspecified atom stereocenters. The molecule has 0 radical (unpaired) electrons. The SMILES string of the molecule is CC(C)n1c(=O)n(-c2ccc(Oc3nc4cccnc4n3C)cc2)c2ncc(Cl)cc21. The number of fused-ring (bicyclic) bond motifs is 2. The van der Waals surface area contributed by atoms with Crippen LogP contribution < -0.4 is 10.4 Å². The van der Waals surface area contributed by atoms with Gasteiger partial charge in [0.2, 0.25) is 0 Å². The number of imidazole rings is 2. The van der Waals surface area contributed by atoms with Gasteiger partial charge in [-0.2, -0.15) is 4.98 Å². The molecule has 5 aromatic rings. The Kier molecular flexibility index (Phi) is 4.51. The summed E-state index contributed by atoms with van der Waals surface area (Å²) in [7, 11) is 1.85. The number of aromatic nitrogens is 6. The van der Waals surface area contributed by atoms with E-state index in [1.54, 1.807) is 44.3 Å². The van der Waals surface area contributed by atoms with E-state index in [1.165, 1.54) is 0 Å². The average molecular weight is 435 g/mol. The molecule has 0 aliphatic carbocycles. The zero-order valence-corrected chi connectivity index (χ0v) is 17.9. The topological polar surface area (TPSA) is 79.8 Å². The monoisotopic (exact) mass is 434 g/mol. The first kappa shape index (κ1) is 19.3. The van der Waals surface area contributed by atoms with Gasteiger partial charge in [0.05, 0.1) is 16.2 Å². The smallest absolute Gasteiger partial charge is 0.335 e. The van der Waals surface area contributed by atoms with Crippen LogP contribution in [0.25, 0.3) is 28.0 Å². The average Bonchev–Trinajstić information content (AvgIpc) is 3.22. The first-order valence-electron chi connectivity index (χ1n) is 9.78. The fourth-order valence-electron chi connectivity index (χ4n) is 3.67. The zero-order chi connectivity index (χ0) is 21.7. The largest absolute Gasteiger partial charge is 0.425 e. The number of rotatable bonds is 4. The first-order chi connectivity index (χ1) is 14.9. The van der Waals surface area contributed by atoms with Crippen LogP contribution in [0, 0.1) is 0 Å². The summed E-state index contributed by atoms with van der Waals surface area (Å²) in [5, 5.41) is 0.486. The zero-order valence-electron chi connectivity index (χ0n) is 17.2. The normalized spacial score (nSPS) is 11.6. The van der Waals surface area contributed by atoms with E-state index < -0.39 is 0 Å². The van der Waals surface area contributed by atoms with Gasteiger partial charge >= 0.3 is 11.7 Å². The van der Waals surface area contributed by atoms with Gasteiger partial charge in [0.25, 0.3) is 0 Å². The number of aryl methyl sites for hydroxylation is 1. The van der Waals surface area contributed by atoms with E-state index in [0.29, 0.717) is 33.6 Å². The van der Waals surface area contributed by atoms with Gasteiger partial charge in [0.1, 0.15) is 11.3 Å². The van der Waals surface area contributed by atoms with E-state index in [2.05, 4.69) is 15.0 Å². The maximum absolute atomic E-state index is 13.2. The summed E-state index contributed by atoms with van der Waals surface area (Å²) in [5.74, 6) is 0.596. The van der Waals surface area contributed by atoms with Crippen molar-refractivity contribution in [2.45, 2.75) is 19.9 Å². The Hall–Kier alpha value is -3.65. The highest BCUT2D eigenvalue weighted by atomic mass is 35.5. The van der Waals surface area contributed by atoms with Gasteiger partial charge in [-0.1, -0.05) is 11.6 Å². The minimum atomic E-state index is -0.171. The van der Waals surface area contributed by atoms with E-state index in [1.807, 2.05) is 45.2 Å². The van der Waals surface area contributed by atoms with Crippen LogP contribution in [0.3, 0.4) is 0 Å². The molecule has 0 atom stereocenters. The predicted octanol–water partition coefficient (Wildman–Crippen LogP) is 4.50. The third kappa shape index (κ3) is 3.16. The highest BCUT2D eigenvalue weighted by molar-refractivity contribution is 6.31. The molecule has 0 fully saturated rings. The Balaban J connectivity index is 1.55. The van der Waals surface area contributed by atoms with Crippen molar-refractivity contribution in [3.05, 3.63) is 70.4 Å². The van der Waals surface area contributed by atoms with Gasteiger partial charge in [-0.15, -0.1) is 0 Å². The second-order valence-electron chi connectivity index (χ2n) is 7.47. The number of halogens is 1. The summed E-state index contributed by atoms with van der Waals surface area (Å²) in [6.07, 6.45) is 3.26. The van der Waals surface area contributed by atoms with Crippen LogP contribution in [0.2, 0.25) is 5.02 Å². The fourth-order valence-corrected chi connectivity index (χ4v) is 3.82. The molecule has 0 amide bonds. The first-order valence-corrected chi connectivity index (χ1v) is 10.2. The molecular formula is C22H19ClN6O2. The number of hydrogen-bond acceptors (Lipinski definition) is 5. The molecule has 9 heteroatoms. The molecule has 0 saturated heterocycles. The summed E-state index contributed by atoms with van der Waals surface area (Å²) in [4.78, 5) is 26.4. The van der Waals surface area contributed by atoms with Crippen molar-refractivity contribution in [2.24, 2.45) is 7.05 Å². The van der Waals surface area contributed by atoms with E-state index in [9.17, 15) is 4.79 Å². The molecule has 0 aliphatic heterocycles. The van der Waals surface area contributed by atoms with Gasteiger partial charge in [-0.3, -0.25) is 9.13 Å². The highest BCUT2D eigenvalue weighted by Gasteiger charge is 2.18. The third-order valence-corrected chi connectivity index (χ3v) is 5.30. The van der Waals surface area contributed by atoms with Crippen molar-refractivity contribution >= 4 is 33.9 Å². The van der Waals surface area contributed by atoms with Crippen molar-refractivity contribution in [1.82, 2.24) is 28.7 Å². The Bertz CT molecular complexity index is 1480. The van der Waals surface area contributed by atoms with Crippen LogP contribution in [-0.2, 0) is 7.05 Å². The van der Waals surface area contributed by atoms with Gasteiger partial charge in [0, 0.05) is 25.5 Å². The van der Waals surface area contributed by atoms with Crippen LogP contribution >= 0.6 is 11.6 Å². The fraction of sp³-hybridized carbons (Fsp3) is 0.182. The lowest BCUT2D eigenvalue weighted by Crippen LogP contribution is -2.24. The maximum Gasteiger partial charge on any atom is 0.335 e. The van der Waals surface area contributed by atoms with Crippen molar-refractivity contribution in [3.63, 3.8) is 0 Å². The standard InChI is InChI=1S/C22H19ClN6O2/c1-13(2)28-18-11-14(23)12-25-20(18)29(22(28)30)15-6-8-16(9-7-15)31-21-26-17-5-4-10-24-19(17)27(21)3/h4-13H,1-3H3. The van der Waals surface area contributed by atoms with Gasteiger partial charge in [0.15, 0.2) is 11.3 Å². The number of hydrogen-bond donors (Lipinski definition) is 0. The molecule has 0 bridgehead atoms. The molecule has 156 valence electrons. The second-order valence-corrected chi connectivity index (χ2v) is 7.91. The summed E-state index contributed by atoms with van der Waals surface area (Å²) < 4.78 is 11.0. The molecule has 4 heterocycles. The summed E-state index contributed by atoms with van der Waals surface area (Å²) in [6, 6.07) is 13.1. The maximum atomic E-state index is 13.2. The number of nitrogens with zero attached hydrogens (tertiary/aromatic N) is 6. The van der Waals surface area contributed by atoms with Gasteiger partial charge < -0.3 is 4.74 Å². The molecule has 8 nitrogen and oxygen atoms in total. The van der Waals surface area contributed by atoms with E-state index in [4.69, 9.17) is 16.3 Å². The molecule has 0 N–H and O–H groups in total. The van der Waals surface area contributed by atoms with Crippen molar-refractivity contribution in [3.8, 4) is 17.4 Å². The Morgan fingerprint density at radius 2 is 1.84 bits per heavy atom. The van der Waals surface area contributed by atoms with E-state index in [-0.39, 0.29) is 11.7 Å². The minimum Gasteiger partial charge on any atom is -0.425 e. The van der Waals surface area contributed by atoms with Crippen molar-refractivity contribution in [2.75, 3.05) is 0 Å². The number of pyridine rings is 2. The van der Waals surface area contributed by atoms with E-state index in [0.717, 1.165) is 11.2 Å². The summed E-state index contributed by atoms with van der Waals surface area (Å²) in [5.41, 5.74) is 3.26. The van der Waals surface area contributed by atoms with Crippen LogP contribution in [0.1, 0.15) is 19.9 Å². The van der Waals surface area contributed by atoms with Crippen molar-refractivity contribution < 1.29 is 4.74 Å². The number of ether oxygens (including phenoxy) is 1. The number of benzene rings is 1. The molecule has 0 spiro atoms. The van der Waals surface area contributed by atoms with Gasteiger partial charge in [-0.25, -0.2) is 19.3 Å². The van der Waals surface area contributed by atoms with Crippen LogP contribution in [0.15, 0.2) is 59.7 Å². The van der Waals surface area contributed by atoms with Gasteiger partial charge in [-0.05, 0) is 56.3 Å². The van der Waals surface area contributed by atoms with Crippen molar-refractivity contribution in [1.29, 1.82) is 0 Å². The Morgan fingerprint density at radius 3 is 2.55 bits per heavy atom. The van der Waals surface area contributed by atoms with Crippen LogP contribution in [0.4, 0.5) is 0 Å². The quantitative estimate of drug-likeness (QED) is 0.416. The second kappa shape index (κ2) is 7.24.